The Morgan fingerprint density at radius 1 is 1.29 bits per heavy atom. The van der Waals surface area contributed by atoms with Crippen LogP contribution in [0, 0.1) is 18.7 Å². The molecule has 1 aromatic carbocycles. The molecule has 0 aliphatic heterocycles. The molecule has 1 unspecified atom stereocenters. The van der Waals surface area contributed by atoms with Gasteiger partial charge in [0, 0.05) is 12.1 Å². The summed E-state index contributed by atoms with van der Waals surface area (Å²) >= 11 is 0. The van der Waals surface area contributed by atoms with Crippen LogP contribution in [0.25, 0.3) is 0 Å². The van der Waals surface area contributed by atoms with Gasteiger partial charge in [0.25, 0.3) is 0 Å². The Hall–Kier alpha value is -0.930. The van der Waals surface area contributed by atoms with Gasteiger partial charge in [-0.05, 0) is 75.7 Å². The second-order valence-corrected chi connectivity index (χ2v) is 6.80. The smallest absolute Gasteiger partial charge is 0.126 e. The third kappa shape index (κ3) is 4.52. The first-order chi connectivity index (χ1) is 9.97. The van der Waals surface area contributed by atoms with Crippen molar-refractivity contribution in [1.29, 1.82) is 0 Å². The highest BCUT2D eigenvalue weighted by Crippen LogP contribution is 2.27. The first-order valence-electron chi connectivity index (χ1n) is 8.19. The normalized spacial score (nSPS) is 24.3. The minimum absolute atomic E-state index is 0.0786. The fourth-order valence-electron chi connectivity index (χ4n) is 3.21. The topological polar surface area (TPSA) is 29.3 Å². The second-order valence-electron chi connectivity index (χ2n) is 6.80. The van der Waals surface area contributed by atoms with Crippen LogP contribution in [0.3, 0.4) is 0 Å². The molecule has 2 rings (SSSR count). The number of rotatable bonds is 5. The minimum Gasteiger partial charge on any atom is -0.324 e. The van der Waals surface area contributed by atoms with Crippen LogP contribution in [0.2, 0.25) is 0 Å². The SMILES string of the molecule is Cc1ccc(C(N)CCN(C)C2CCC(C)CC2)cc1F. The minimum atomic E-state index is -0.155. The third-order valence-electron chi connectivity index (χ3n) is 5.03. The van der Waals surface area contributed by atoms with Gasteiger partial charge in [0.2, 0.25) is 0 Å². The molecule has 0 heterocycles. The summed E-state index contributed by atoms with van der Waals surface area (Å²) in [4.78, 5) is 2.44. The van der Waals surface area contributed by atoms with Crippen molar-refractivity contribution in [2.45, 2.75) is 58.0 Å². The van der Waals surface area contributed by atoms with Crippen LogP contribution in [0.1, 0.15) is 56.2 Å². The van der Waals surface area contributed by atoms with E-state index in [9.17, 15) is 4.39 Å². The maximum absolute atomic E-state index is 13.6. The van der Waals surface area contributed by atoms with Crippen LogP contribution < -0.4 is 5.73 Å². The van der Waals surface area contributed by atoms with Gasteiger partial charge in [0.05, 0.1) is 0 Å². The molecule has 0 bridgehead atoms. The van der Waals surface area contributed by atoms with Gasteiger partial charge >= 0.3 is 0 Å². The quantitative estimate of drug-likeness (QED) is 0.887. The summed E-state index contributed by atoms with van der Waals surface area (Å²) in [5, 5.41) is 0. The van der Waals surface area contributed by atoms with Crippen molar-refractivity contribution in [3.8, 4) is 0 Å². The summed E-state index contributed by atoms with van der Waals surface area (Å²) < 4.78 is 13.6. The molecule has 1 fully saturated rings. The Morgan fingerprint density at radius 3 is 2.57 bits per heavy atom. The van der Waals surface area contributed by atoms with Crippen LogP contribution in [0.5, 0.6) is 0 Å². The highest BCUT2D eigenvalue weighted by molar-refractivity contribution is 5.25. The molecule has 1 aliphatic carbocycles. The number of aryl methyl sites for hydroxylation is 1. The molecule has 3 heteroatoms. The van der Waals surface area contributed by atoms with Gasteiger partial charge in [-0.1, -0.05) is 19.1 Å². The van der Waals surface area contributed by atoms with E-state index in [0.717, 1.165) is 24.4 Å². The monoisotopic (exact) mass is 292 g/mol. The standard InChI is InChI=1S/C18H29FN2/c1-13-4-8-16(9-5-13)21(3)11-10-18(20)15-7-6-14(2)17(19)12-15/h6-7,12-13,16,18H,4-5,8-11,20H2,1-3H3. The maximum Gasteiger partial charge on any atom is 0.126 e. The molecule has 2 N–H and O–H groups in total. The largest absolute Gasteiger partial charge is 0.324 e. The Balaban J connectivity index is 1.82. The first-order valence-corrected chi connectivity index (χ1v) is 8.19. The lowest BCUT2D eigenvalue weighted by Gasteiger charge is -2.34. The molecule has 1 aromatic rings. The summed E-state index contributed by atoms with van der Waals surface area (Å²) in [6.07, 6.45) is 6.15. The Labute approximate surface area is 128 Å². The highest BCUT2D eigenvalue weighted by Gasteiger charge is 2.22. The molecular weight excluding hydrogens is 263 g/mol. The average Bonchev–Trinajstić information content (AvgIpc) is 2.48. The van der Waals surface area contributed by atoms with Gasteiger partial charge in [0.15, 0.2) is 0 Å². The number of halogens is 1. The first kappa shape index (κ1) is 16.4. The summed E-state index contributed by atoms with van der Waals surface area (Å²) in [7, 11) is 2.20. The highest BCUT2D eigenvalue weighted by atomic mass is 19.1. The summed E-state index contributed by atoms with van der Waals surface area (Å²) in [5.41, 5.74) is 7.81. The number of nitrogens with two attached hydrogens (primary N) is 1. The molecule has 0 aromatic heterocycles. The van der Waals surface area contributed by atoms with Crippen molar-refractivity contribution in [3.05, 3.63) is 35.1 Å². The lowest BCUT2D eigenvalue weighted by Crippen LogP contribution is -2.36. The Kier molecular flexibility index (Phi) is 5.77. The van der Waals surface area contributed by atoms with Crippen molar-refractivity contribution >= 4 is 0 Å². The van der Waals surface area contributed by atoms with Crippen LogP contribution >= 0.6 is 0 Å². The molecule has 2 nitrogen and oxygen atoms in total. The summed E-state index contributed by atoms with van der Waals surface area (Å²) in [6.45, 7) is 5.11. The fraction of sp³-hybridized carbons (Fsp3) is 0.667. The van der Waals surface area contributed by atoms with E-state index in [-0.39, 0.29) is 11.9 Å². The van der Waals surface area contributed by atoms with Crippen molar-refractivity contribution in [1.82, 2.24) is 4.90 Å². The van der Waals surface area contributed by atoms with Crippen LogP contribution in [0.15, 0.2) is 18.2 Å². The van der Waals surface area contributed by atoms with Crippen molar-refractivity contribution in [2.75, 3.05) is 13.6 Å². The van der Waals surface area contributed by atoms with Crippen molar-refractivity contribution in [2.24, 2.45) is 11.7 Å². The Bertz CT molecular complexity index is 453. The van der Waals surface area contributed by atoms with Crippen molar-refractivity contribution in [3.63, 3.8) is 0 Å². The van der Waals surface area contributed by atoms with Gasteiger partial charge in [-0.25, -0.2) is 4.39 Å². The van der Waals surface area contributed by atoms with Gasteiger partial charge in [-0.3, -0.25) is 0 Å². The molecule has 118 valence electrons. The summed E-state index contributed by atoms with van der Waals surface area (Å²) in [5.74, 6) is 0.727. The van der Waals surface area contributed by atoms with Crippen LogP contribution in [-0.4, -0.2) is 24.5 Å². The van der Waals surface area contributed by atoms with Gasteiger partial charge in [-0.2, -0.15) is 0 Å². The molecule has 1 atom stereocenters. The number of nitrogens with zero attached hydrogens (tertiary/aromatic N) is 1. The number of hydrogen-bond donors (Lipinski definition) is 1. The molecule has 1 aliphatic rings. The van der Waals surface area contributed by atoms with Crippen molar-refractivity contribution < 1.29 is 4.39 Å². The summed E-state index contributed by atoms with van der Waals surface area (Å²) in [6, 6.07) is 5.97. The fourth-order valence-corrected chi connectivity index (χ4v) is 3.21. The van der Waals surface area contributed by atoms with Crippen LogP contribution in [-0.2, 0) is 0 Å². The van der Waals surface area contributed by atoms with Gasteiger partial charge < -0.3 is 10.6 Å². The lowest BCUT2D eigenvalue weighted by atomic mass is 9.86. The van der Waals surface area contributed by atoms with Crippen LogP contribution in [0.4, 0.5) is 4.39 Å². The lowest BCUT2D eigenvalue weighted by molar-refractivity contribution is 0.166. The Morgan fingerprint density at radius 2 is 1.95 bits per heavy atom. The second kappa shape index (κ2) is 7.37. The molecule has 0 saturated heterocycles. The van der Waals surface area contributed by atoms with Gasteiger partial charge in [0.1, 0.15) is 5.82 Å². The predicted octanol–water partition coefficient (Wildman–Crippen LogP) is 4.03. The van der Waals surface area contributed by atoms with E-state index < -0.39 is 0 Å². The zero-order valence-electron chi connectivity index (χ0n) is 13.6. The van der Waals surface area contributed by atoms with E-state index in [1.807, 2.05) is 12.1 Å². The number of benzene rings is 1. The molecule has 0 amide bonds. The van der Waals surface area contributed by atoms with E-state index >= 15 is 0 Å². The molecule has 21 heavy (non-hydrogen) atoms. The van der Waals surface area contributed by atoms with E-state index in [4.69, 9.17) is 5.73 Å². The van der Waals surface area contributed by atoms with E-state index in [1.165, 1.54) is 25.7 Å². The maximum atomic E-state index is 13.6. The molecule has 0 radical (unpaired) electrons. The zero-order chi connectivity index (χ0) is 15.4. The number of hydrogen-bond acceptors (Lipinski definition) is 2. The van der Waals surface area contributed by atoms with Gasteiger partial charge in [-0.15, -0.1) is 0 Å². The average molecular weight is 292 g/mol. The zero-order valence-corrected chi connectivity index (χ0v) is 13.6. The molecule has 1 saturated carbocycles. The van der Waals surface area contributed by atoms with E-state index in [1.54, 1.807) is 13.0 Å². The third-order valence-corrected chi connectivity index (χ3v) is 5.03. The predicted molar refractivity (Wildman–Crippen MR) is 86.7 cm³/mol. The van der Waals surface area contributed by atoms with E-state index in [0.29, 0.717) is 11.6 Å². The van der Waals surface area contributed by atoms with E-state index in [2.05, 4.69) is 18.9 Å². The molecule has 0 spiro atoms. The molecular formula is C18H29FN2.